The molecule has 0 radical (unpaired) electrons. The Morgan fingerprint density at radius 3 is 2.48 bits per heavy atom. The fourth-order valence-corrected chi connectivity index (χ4v) is 5.70. The molecule has 130 valence electrons. The standard InChI is InChI=1S/C19H33N3O/c23-18(19-9-3-2-6-16(19)14-20-15-19)22-12-7-17(8-13-22)21-10-4-1-5-11-21/h16-17,20H,1-15H2/t16-,19+/m0/s1. The third kappa shape index (κ3) is 2.93. The molecule has 1 aliphatic carbocycles. The molecule has 1 amide bonds. The molecule has 4 nitrogen and oxygen atoms in total. The number of fused-ring (bicyclic) bond motifs is 1. The molecule has 4 heteroatoms. The van der Waals surface area contributed by atoms with Crippen LogP contribution in [0.2, 0.25) is 0 Å². The molecule has 3 heterocycles. The lowest BCUT2D eigenvalue weighted by molar-refractivity contribution is -0.147. The Bertz CT molecular complexity index is 426. The van der Waals surface area contributed by atoms with Crippen LogP contribution in [0.1, 0.15) is 57.8 Å². The molecule has 1 saturated carbocycles. The number of nitrogens with zero attached hydrogens (tertiary/aromatic N) is 2. The minimum absolute atomic E-state index is 0.0454. The highest BCUT2D eigenvalue weighted by Crippen LogP contribution is 2.45. The van der Waals surface area contributed by atoms with Crippen molar-refractivity contribution in [3.63, 3.8) is 0 Å². The molecule has 23 heavy (non-hydrogen) atoms. The molecule has 4 aliphatic rings. The molecule has 1 N–H and O–H groups in total. The van der Waals surface area contributed by atoms with Crippen LogP contribution >= 0.6 is 0 Å². The van der Waals surface area contributed by atoms with Crippen LogP contribution in [0.4, 0.5) is 0 Å². The molecule has 2 atom stereocenters. The zero-order valence-electron chi connectivity index (χ0n) is 14.6. The van der Waals surface area contributed by atoms with Crippen LogP contribution in [0.15, 0.2) is 0 Å². The maximum Gasteiger partial charge on any atom is 0.230 e. The van der Waals surface area contributed by atoms with Crippen molar-refractivity contribution >= 4 is 5.91 Å². The van der Waals surface area contributed by atoms with Gasteiger partial charge in [0.1, 0.15) is 0 Å². The van der Waals surface area contributed by atoms with E-state index in [1.807, 2.05) is 0 Å². The van der Waals surface area contributed by atoms with Crippen LogP contribution < -0.4 is 5.32 Å². The van der Waals surface area contributed by atoms with E-state index < -0.39 is 0 Å². The highest BCUT2D eigenvalue weighted by molar-refractivity contribution is 5.84. The van der Waals surface area contributed by atoms with E-state index >= 15 is 0 Å². The molecule has 0 bridgehead atoms. The number of likely N-dealkylation sites (tertiary alicyclic amines) is 2. The van der Waals surface area contributed by atoms with Crippen molar-refractivity contribution in [2.24, 2.45) is 11.3 Å². The van der Waals surface area contributed by atoms with E-state index in [9.17, 15) is 4.79 Å². The van der Waals surface area contributed by atoms with Gasteiger partial charge in [-0.15, -0.1) is 0 Å². The van der Waals surface area contributed by atoms with Gasteiger partial charge < -0.3 is 15.1 Å². The summed E-state index contributed by atoms with van der Waals surface area (Å²) in [6, 6.07) is 0.737. The SMILES string of the molecule is O=C(N1CCC(N2CCCCC2)CC1)[C@@]12CCCC[C@H]1CNC2. The fraction of sp³-hybridized carbons (Fsp3) is 0.947. The van der Waals surface area contributed by atoms with Gasteiger partial charge in [-0.2, -0.15) is 0 Å². The molecular weight excluding hydrogens is 286 g/mol. The molecule has 0 unspecified atom stereocenters. The Morgan fingerprint density at radius 1 is 0.913 bits per heavy atom. The first-order valence-corrected chi connectivity index (χ1v) is 10.0. The maximum absolute atomic E-state index is 13.3. The monoisotopic (exact) mass is 319 g/mol. The Balaban J connectivity index is 1.37. The van der Waals surface area contributed by atoms with Crippen LogP contribution in [-0.4, -0.2) is 61.0 Å². The topological polar surface area (TPSA) is 35.6 Å². The van der Waals surface area contributed by atoms with Crippen molar-refractivity contribution in [3.8, 4) is 0 Å². The van der Waals surface area contributed by atoms with Gasteiger partial charge in [0, 0.05) is 25.7 Å². The number of hydrogen-bond acceptors (Lipinski definition) is 3. The first kappa shape index (κ1) is 15.9. The Labute approximate surface area is 141 Å². The highest BCUT2D eigenvalue weighted by atomic mass is 16.2. The molecule has 0 aromatic carbocycles. The van der Waals surface area contributed by atoms with Crippen molar-refractivity contribution in [1.29, 1.82) is 0 Å². The first-order chi connectivity index (χ1) is 11.3. The van der Waals surface area contributed by atoms with E-state index in [2.05, 4.69) is 15.1 Å². The number of carbonyl (C=O) groups is 1. The van der Waals surface area contributed by atoms with Crippen LogP contribution in [0.3, 0.4) is 0 Å². The van der Waals surface area contributed by atoms with Gasteiger partial charge in [0.05, 0.1) is 5.41 Å². The van der Waals surface area contributed by atoms with Gasteiger partial charge in [0.25, 0.3) is 0 Å². The van der Waals surface area contributed by atoms with E-state index in [1.165, 1.54) is 64.5 Å². The van der Waals surface area contributed by atoms with Gasteiger partial charge in [-0.25, -0.2) is 0 Å². The van der Waals surface area contributed by atoms with Crippen molar-refractivity contribution in [1.82, 2.24) is 15.1 Å². The van der Waals surface area contributed by atoms with Gasteiger partial charge in [0.2, 0.25) is 5.91 Å². The molecule has 0 spiro atoms. The molecular formula is C19H33N3O. The third-order valence-electron chi connectivity index (χ3n) is 7.12. The quantitative estimate of drug-likeness (QED) is 0.848. The van der Waals surface area contributed by atoms with Crippen molar-refractivity contribution in [3.05, 3.63) is 0 Å². The van der Waals surface area contributed by atoms with Gasteiger partial charge in [0.15, 0.2) is 0 Å². The fourth-order valence-electron chi connectivity index (χ4n) is 5.70. The number of hydrogen-bond donors (Lipinski definition) is 1. The highest BCUT2D eigenvalue weighted by Gasteiger charge is 2.51. The summed E-state index contributed by atoms with van der Waals surface area (Å²) < 4.78 is 0. The van der Waals surface area contributed by atoms with E-state index in [4.69, 9.17) is 0 Å². The average molecular weight is 319 g/mol. The van der Waals surface area contributed by atoms with Crippen molar-refractivity contribution in [2.75, 3.05) is 39.3 Å². The second kappa shape index (κ2) is 6.72. The Kier molecular flexibility index (Phi) is 4.64. The molecule has 4 fully saturated rings. The molecule has 4 rings (SSSR count). The van der Waals surface area contributed by atoms with Crippen LogP contribution in [-0.2, 0) is 4.79 Å². The van der Waals surface area contributed by atoms with Crippen LogP contribution in [0.25, 0.3) is 0 Å². The van der Waals surface area contributed by atoms with E-state index in [0.29, 0.717) is 11.8 Å². The zero-order chi connectivity index (χ0) is 15.7. The maximum atomic E-state index is 13.3. The van der Waals surface area contributed by atoms with Crippen LogP contribution in [0.5, 0.6) is 0 Å². The summed E-state index contributed by atoms with van der Waals surface area (Å²) >= 11 is 0. The number of nitrogens with one attached hydrogen (secondary N) is 1. The lowest BCUT2D eigenvalue weighted by Gasteiger charge is -2.45. The van der Waals surface area contributed by atoms with E-state index in [1.54, 1.807) is 0 Å². The van der Waals surface area contributed by atoms with Gasteiger partial charge >= 0.3 is 0 Å². The molecule has 3 aliphatic heterocycles. The van der Waals surface area contributed by atoms with Crippen LogP contribution in [0, 0.1) is 11.3 Å². The van der Waals surface area contributed by atoms with Crippen molar-refractivity contribution in [2.45, 2.75) is 63.8 Å². The Hall–Kier alpha value is -0.610. The average Bonchev–Trinajstić information content (AvgIpc) is 3.07. The second-order valence-corrected chi connectivity index (χ2v) is 8.35. The number of rotatable bonds is 2. The third-order valence-corrected chi connectivity index (χ3v) is 7.12. The summed E-state index contributed by atoms with van der Waals surface area (Å²) in [4.78, 5) is 18.2. The number of carbonyl (C=O) groups excluding carboxylic acids is 1. The lowest BCUT2D eigenvalue weighted by Crippen LogP contribution is -2.54. The summed E-state index contributed by atoms with van der Waals surface area (Å²) in [5, 5.41) is 3.53. The van der Waals surface area contributed by atoms with Gasteiger partial charge in [-0.05, 0) is 64.1 Å². The van der Waals surface area contributed by atoms with E-state index in [-0.39, 0.29) is 5.41 Å². The van der Waals surface area contributed by atoms with E-state index in [0.717, 1.165) is 38.6 Å². The summed E-state index contributed by atoms with van der Waals surface area (Å²) in [5.41, 5.74) is -0.0454. The predicted molar refractivity (Wildman–Crippen MR) is 92.3 cm³/mol. The number of piperidine rings is 2. The summed E-state index contributed by atoms with van der Waals surface area (Å²) in [6.45, 7) is 6.56. The smallest absolute Gasteiger partial charge is 0.230 e. The minimum atomic E-state index is -0.0454. The summed E-state index contributed by atoms with van der Waals surface area (Å²) in [5.74, 6) is 1.09. The summed E-state index contributed by atoms with van der Waals surface area (Å²) in [6.07, 6.45) is 11.5. The van der Waals surface area contributed by atoms with Crippen molar-refractivity contribution < 1.29 is 4.79 Å². The zero-order valence-corrected chi connectivity index (χ0v) is 14.6. The number of amides is 1. The minimum Gasteiger partial charge on any atom is -0.342 e. The first-order valence-electron chi connectivity index (χ1n) is 10.0. The lowest BCUT2D eigenvalue weighted by atomic mass is 9.67. The molecule has 0 aromatic rings. The summed E-state index contributed by atoms with van der Waals surface area (Å²) in [7, 11) is 0. The predicted octanol–water partition coefficient (Wildman–Crippen LogP) is 2.24. The normalized spacial score (nSPS) is 36.9. The second-order valence-electron chi connectivity index (χ2n) is 8.35. The van der Waals surface area contributed by atoms with Gasteiger partial charge in [-0.1, -0.05) is 19.3 Å². The molecule has 3 saturated heterocycles. The largest absolute Gasteiger partial charge is 0.342 e. The Morgan fingerprint density at radius 2 is 1.70 bits per heavy atom. The van der Waals surface area contributed by atoms with Gasteiger partial charge in [-0.3, -0.25) is 4.79 Å². The molecule has 0 aromatic heterocycles.